The lowest BCUT2D eigenvalue weighted by Crippen LogP contribution is -2.00. The zero-order valence-electron chi connectivity index (χ0n) is 8.66. The lowest BCUT2D eigenvalue weighted by molar-refractivity contribution is 0.179. The zero-order chi connectivity index (χ0) is 12.4. The van der Waals surface area contributed by atoms with Gasteiger partial charge in [-0.2, -0.15) is 0 Å². The van der Waals surface area contributed by atoms with E-state index in [0.29, 0.717) is 16.5 Å². The van der Waals surface area contributed by atoms with Crippen molar-refractivity contribution in [2.75, 3.05) is 0 Å². The molecule has 2 rings (SSSR count). The molecule has 0 spiro atoms. The quantitative estimate of drug-likeness (QED) is 0.820. The fourth-order valence-electron chi connectivity index (χ4n) is 1.49. The summed E-state index contributed by atoms with van der Waals surface area (Å²) in [6.07, 6.45) is -0.0774. The van der Waals surface area contributed by atoms with Gasteiger partial charge in [-0.05, 0) is 61.7 Å². The van der Waals surface area contributed by atoms with Gasteiger partial charge < -0.3 is 5.11 Å². The Morgan fingerprint density at radius 2 is 2.00 bits per heavy atom. The number of hydrogen-bond acceptors (Lipinski definition) is 2. The molecule has 1 atom stereocenters. The molecule has 0 fully saturated rings. The Kier molecular flexibility index (Phi) is 4.36. The van der Waals surface area contributed by atoms with Crippen molar-refractivity contribution in [2.45, 2.75) is 12.5 Å². The predicted octanol–water partition coefficient (Wildman–Crippen LogP) is 4.69. The Labute approximate surface area is 120 Å². The molecule has 1 N–H and O–H groups in total. The van der Waals surface area contributed by atoms with Crippen LogP contribution in [0.2, 0.25) is 0 Å². The summed E-state index contributed by atoms with van der Waals surface area (Å²) < 4.78 is 14.5. The van der Waals surface area contributed by atoms with Crippen molar-refractivity contribution in [3.63, 3.8) is 0 Å². The van der Waals surface area contributed by atoms with Crippen LogP contribution in [0.4, 0.5) is 4.39 Å². The van der Waals surface area contributed by atoms with E-state index in [0.717, 1.165) is 8.66 Å². The average molecular weight is 380 g/mol. The molecule has 1 aromatic carbocycles. The molecule has 0 bridgehead atoms. The van der Waals surface area contributed by atoms with Crippen LogP contribution in [0.5, 0.6) is 0 Å². The average Bonchev–Trinajstić information content (AvgIpc) is 2.68. The SMILES string of the molecule is OC(Cc1ccc(Br)s1)c1ccc(F)c(Br)c1. The van der Waals surface area contributed by atoms with E-state index in [4.69, 9.17) is 0 Å². The minimum absolute atomic E-state index is 0.320. The molecule has 17 heavy (non-hydrogen) atoms. The van der Waals surface area contributed by atoms with Gasteiger partial charge in [0.2, 0.25) is 0 Å². The second-order valence-corrected chi connectivity index (χ2v) is 7.00. The molecule has 1 nitrogen and oxygen atoms in total. The van der Waals surface area contributed by atoms with Gasteiger partial charge in [-0.25, -0.2) is 4.39 Å². The monoisotopic (exact) mass is 378 g/mol. The van der Waals surface area contributed by atoms with Crippen molar-refractivity contribution in [1.82, 2.24) is 0 Å². The molecule has 0 amide bonds. The van der Waals surface area contributed by atoms with Crippen molar-refractivity contribution >= 4 is 43.2 Å². The summed E-state index contributed by atoms with van der Waals surface area (Å²) in [7, 11) is 0. The van der Waals surface area contributed by atoms with Crippen LogP contribution in [0, 0.1) is 5.82 Å². The van der Waals surface area contributed by atoms with E-state index in [1.54, 1.807) is 23.5 Å². The number of aliphatic hydroxyl groups is 1. The molecule has 1 aromatic heterocycles. The molecule has 0 aliphatic carbocycles. The summed E-state index contributed by atoms with van der Waals surface area (Å²) in [5.74, 6) is -0.320. The second kappa shape index (κ2) is 5.61. The third kappa shape index (κ3) is 3.37. The van der Waals surface area contributed by atoms with Crippen LogP contribution in [0.3, 0.4) is 0 Å². The van der Waals surface area contributed by atoms with Crippen LogP contribution in [0.15, 0.2) is 38.6 Å². The second-order valence-electron chi connectivity index (χ2n) is 3.60. The van der Waals surface area contributed by atoms with Gasteiger partial charge in [0.15, 0.2) is 0 Å². The molecule has 0 saturated carbocycles. The highest BCUT2D eigenvalue weighted by atomic mass is 79.9. The maximum absolute atomic E-state index is 13.1. The minimum atomic E-state index is -0.613. The molecule has 5 heteroatoms. The highest BCUT2D eigenvalue weighted by Gasteiger charge is 2.11. The number of halogens is 3. The van der Waals surface area contributed by atoms with Crippen LogP contribution in [-0.2, 0) is 6.42 Å². The predicted molar refractivity (Wildman–Crippen MR) is 74.8 cm³/mol. The molecule has 1 unspecified atom stereocenters. The molecular weight excluding hydrogens is 371 g/mol. The van der Waals surface area contributed by atoms with Gasteiger partial charge in [-0.1, -0.05) is 6.07 Å². The van der Waals surface area contributed by atoms with Crippen molar-refractivity contribution in [1.29, 1.82) is 0 Å². The Bertz CT molecular complexity index is 527. The summed E-state index contributed by atoms with van der Waals surface area (Å²) in [4.78, 5) is 1.09. The first-order valence-electron chi connectivity index (χ1n) is 4.93. The number of hydrogen-bond donors (Lipinski definition) is 1. The van der Waals surface area contributed by atoms with Crippen LogP contribution in [0.1, 0.15) is 16.5 Å². The fourth-order valence-corrected chi connectivity index (χ4v) is 3.41. The number of aliphatic hydroxyl groups excluding tert-OH is 1. The maximum Gasteiger partial charge on any atom is 0.137 e. The molecular formula is C12H9Br2FOS. The largest absolute Gasteiger partial charge is 0.388 e. The van der Waals surface area contributed by atoms with Crippen molar-refractivity contribution in [3.8, 4) is 0 Å². The smallest absolute Gasteiger partial charge is 0.137 e. The van der Waals surface area contributed by atoms with Gasteiger partial charge in [-0.15, -0.1) is 11.3 Å². The van der Waals surface area contributed by atoms with E-state index >= 15 is 0 Å². The summed E-state index contributed by atoms with van der Waals surface area (Å²) in [5, 5.41) is 10.0. The molecule has 0 saturated heterocycles. The number of benzene rings is 1. The van der Waals surface area contributed by atoms with Crippen LogP contribution < -0.4 is 0 Å². The van der Waals surface area contributed by atoms with Crippen molar-refractivity contribution in [3.05, 3.63) is 54.8 Å². The summed E-state index contributed by atoms with van der Waals surface area (Å²) in [5.41, 5.74) is 0.711. The molecule has 0 aliphatic heterocycles. The molecule has 90 valence electrons. The third-order valence-corrected chi connectivity index (χ3v) is 4.61. The Hall–Kier alpha value is -0.230. The van der Waals surface area contributed by atoms with Gasteiger partial charge in [-0.3, -0.25) is 0 Å². The van der Waals surface area contributed by atoms with E-state index in [-0.39, 0.29) is 5.82 Å². The van der Waals surface area contributed by atoms with E-state index in [2.05, 4.69) is 31.9 Å². The lowest BCUT2D eigenvalue weighted by atomic mass is 10.1. The topological polar surface area (TPSA) is 20.2 Å². The van der Waals surface area contributed by atoms with E-state index in [9.17, 15) is 9.50 Å². The highest BCUT2D eigenvalue weighted by Crippen LogP contribution is 2.28. The minimum Gasteiger partial charge on any atom is -0.388 e. The van der Waals surface area contributed by atoms with Gasteiger partial charge in [0.05, 0.1) is 14.4 Å². The first-order chi connectivity index (χ1) is 8.06. The van der Waals surface area contributed by atoms with Crippen molar-refractivity contribution < 1.29 is 9.50 Å². The molecule has 0 radical (unpaired) electrons. The van der Waals surface area contributed by atoms with Crippen molar-refractivity contribution in [2.24, 2.45) is 0 Å². The lowest BCUT2D eigenvalue weighted by Gasteiger charge is -2.10. The summed E-state index contributed by atoms with van der Waals surface area (Å²) >= 11 is 8.08. The Balaban J connectivity index is 2.14. The van der Waals surface area contributed by atoms with Gasteiger partial charge in [0.1, 0.15) is 5.82 Å². The third-order valence-electron chi connectivity index (χ3n) is 2.35. The molecule has 1 heterocycles. The normalized spacial score (nSPS) is 12.7. The van der Waals surface area contributed by atoms with Crippen LogP contribution in [-0.4, -0.2) is 5.11 Å². The van der Waals surface area contributed by atoms with E-state index < -0.39 is 6.10 Å². The summed E-state index contributed by atoms with van der Waals surface area (Å²) in [6, 6.07) is 8.49. The molecule has 2 aromatic rings. The standard InChI is InChI=1S/C12H9Br2FOS/c13-9-5-7(1-3-10(9)15)11(16)6-8-2-4-12(14)17-8/h1-5,11,16H,6H2. The maximum atomic E-state index is 13.1. The van der Waals surface area contributed by atoms with Gasteiger partial charge in [0.25, 0.3) is 0 Å². The van der Waals surface area contributed by atoms with Gasteiger partial charge in [0, 0.05) is 11.3 Å². The van der Waals surface area contributed by atoms with E-state index in [1.165, 1.54) is 6.07 Å². The fraction of sp³-hybridized carbons (Fsp3) is 0.167. The van der Waals surface area contributed by atoms with Gasteiger partial charge >= 0.3 is 0 Å². The Morgan fingerprint density at radius 1 is 1.24 bits per heavy atom. The van der Waals surface area contributed by atoms with E-state index in [1.807, 2.05) is 12.1 Å². The first-order valence-corrected chi connectivity index (χ1v) is 7.34. The Morgan fingerprint density at radius 3 is 2.59 bits per heavy atom. The first kappa shape index (κ1) is 13.2. The van der Waals surface area contributed by atoms with Crippen LogP contribution >= 0.6 is 43.2 Å². The highest BCUT2D eigenvalue weighted by molar-refractivity contribution is 9.11. The zero-order valence-corrected chi connectivity index (χ0v) is 12.6. The summed E-state index contributed by atoms with van der Waals surface area (Å²) in [6.45, 7) is 0. The number of rotatable bonds is 3. The number of thiophene rings is 1. The molecule has 0 aliphatic rings. The van der Waals surface area contributed by atoms with Crippen LogP contribution in [0.25, 0.3) is 0 Å².